The first-order chi connectivity index (χ1) is 30.0. The molecule has 0 saturated heterocycles. The molecular weight excluding hydrogens is 757 g/mol. The molecule has 0 spiro atoms. The predicted octanol–water partition coefficient (Wildman–Crippen LogP) is 16.2. The Balaban J connectivity index is 4.40. The fraction of sp³-hybridized carbons (Fsp3) is 0.655. The molecule has 0 rings (SSSR count). The molecule has 6 heteroatoms. The van der Waals surface area contributed by atoms with Crippen LogP contribution in [0.1, 0.15) is 213 Å². The Labute approximate surface area is 375 Å². The van der Waals surface area contributed by atoms with Gasteiger partial charge in [0.2, 0.25) is 0 Å². The van der Waals surface area contributed by atoms with E-state index in [1.54, 1.807) is 0 Å². The van der Waals surface area contributed by atoms with Crippen LogP contribution < -0.4 is 0 Å². The summed E-state index contributed by atoms with van der Waals surface area (Å²) in [6.45, 7) is 6.39. The van der Waals surface area contributed by atoms with Crippen LogP contribution in [0.4, 0.5) is 0 Å². The first-order valence-corrected chi connectivity index (χ1v) is 24.7. The Morgan fingerprint density at radius 1 is 0.344 bits per heavy atom. The smallest absolute Gasteiger partial charge is 0.306 e. The lowest BCUT2D eigenvalue weighted by Gasteiger charge is -2.18. The molecule has 0 fully saturated rings. The minimum absolute atomic E-state index is 0.0990. The van der Waals surface area contributed by atoms with E-state index in [-0.39, 0.29) is 37.5 Å². The SMILES string of the molecule is CC/C=C\C/C=C\C/C=C\C/C=C\C/C=C\C/C=C\C/C=C\CCCC(=O)OCC(COC(=O)CCCCCCCCCC)OC(=O)CCCCCCC/C=C\CCCCC. The summed E-state index contributed by atoms with van der Waals surface area (Å²) in [5.41, 5.74) is 0. The van der Waals surface area contributed by atoms with Gasteiger partial charge in [0.05, 0.1) is 0 Å². The summed E-state index contributed by atoms with van der Waals surface area (Å²) in [7, 11) is 0. The number of carbonyl (C=O) groups is 3. The monoisotopic (exact) mass is 847 g/mol. The van der Waals surface area contributed by atoms with E-state index in [2.05, 4.69) is 118 Å². The van der Waals surface area contributed by atoms with Crippen LogP contribution >= 0.6 is 0 Å². The van der Waals surface area contributed by atoms with Crippen LogP contribution in [0, 0.1) is 0 Å². The molecule has 0 saturated carbocycles. The van der Waals surface area contributed by atoms with Crippen LogP contribution in [-0.4, -0.2) is 37.2 Å². The fourth-order valence-corrected chi connectivity index (χ4v) is 6.36. The van der Waals surface area contributed by atoms with Gasteiger partial charge in [-0.25, -0.2) is 0 Å². The second-order valence-corrected chi connectivity index (χ2v) is 16.0. The molecule has 0 heterocycles. The standard InChI is InChI=1S/C55H90O6/c1-4-7-10-13-16-19-21-23-24-25-26-27-28-29-30-31-32-33-35-36-39-42-45-48-54(57)60-51-52(50-59-53(56)47-44-41-38-18-15-12-9-6-3)61-55(58)49-46-43-40-37-34-22-20-17-14-11-8-5-2/h7,10,16-17,19-20,23-24,26-27,29-30,32-33,36,39,52H,4-6,8-9,11-15,18,21-22,25,28,31,34-35,37-38,40-51H2,1-3H3/b10-7-,19-16-,20-17-,24-23-,27-26-,30-29-,33-32-,39-36-. The van der Waals surface area contributed by atoms with Crippen molar-refractivity contribution in [3.05, 3.63) is 97.2 Å². The van der Waals surface area contributed by atoms with Crippen LogP contribution in [0.3, 0.4) is 0 Å². The topological polar surface area (TPSA) is 78.9 Å². The highest BCUT2D eigenvalue weighted by molar-refractivity contribution is 5.71. The zero-order valence-corrected chi connectivity index (χ0v) is 39.4. The summed E-state index contributed by atoms with van der Waals surface area (Å²) in [6, 6.07) is 0. The molecule has 1 unspecified atom stereocenters. The Bertz CT molecular complexity index is 1250. The van der Waals surface area contributed by atoms with Gasteiger partial charge in [0.15, 0.2) is 6.10 Å². The molecule has 0 aliphatic carbocycles. The Kier molecular flexibility index (Phi) is 46.0. The molecular formula is C55H90O6. The van der Waals surface area contributed by atoms with Crippen LogP contribution in [-0.2, 0) is 28.6 Å². The maximum Gasteiger partial charge on any atom is 0.306 e. The van der Waals surface area contributed by atoms with Crippen LogP contribution in [0.2, 0.25) is 0 Å². The zero-order valence-electron chi connectivity index (χ0n) is 39.4. The Morgan fingerprint density at radius 3 is 1.11 bits per heavy atom. The van der Waals surface area contributed by atoms with Crippen molar-refractivity contribution in [1.29, 1.82) is 0 Å². The van der Waals surface area contributed by atoms with Gasteiger partial charge in [-0.05, 0) is 96.3 Å². The highest BCUT2D eigenvalue weighted by Crippen LogP contribution is 2.13. The van der Waals surface area contributed by atoms with Gasteiger partial charge in [0.25, 0.3) is 0 Å². The summed E-state index contributed by atoms with van der Waals surface area (Å²) < 4.78 is 16.6. The van der Waals surface area contributed by atoms with Crippen LogP contribution in [0.5, 0.6) is 0 Å². The maximum atomic E-state index is 12.7. The van der Waals surface area contributed by atoms with Crippen LogP contribution in [0.15, 0.2) is 97.2 Å². The minimum Gasteiger partial charge on any atom is -0.462 e. The van der Waals surface area contributed by atoms with Crippen LogP contribution in [0.25, 0.3) is 0 Å². The normalized spacial score (nSPS) is 12.9. The number of allylic oxidation sites excluding steroid dienone is 16. The first kappa shape index (κ1) is 57.3. The number of hydrogen-bond acceptors (Lipinski definition) is 6. The molecule has 0 amide bonds. The summed E-state index contributed by atoms with van der Waals surface area (Å²) >= 11 is 0. The van der Waals surface area contributed by atoms with Gasteiger partial charge in [-0.2, -0.15) is 0 Å². The van der Waals surface area contributed by atoms with Crippen molar-refractivity contribution in [2.24, 2.45) is 0 Å². The number of esters is 3. The summed E-state index contributed by atoms with van der Waals surface area (Å²) in [5, 5.41) is 0. The quantitative estimate of drug-likeness (QED) is 0.0263. The van der Waals surface area contributed by atoms with E-state index < -0.39 is 6.10 Å². The minimum atomic E-state index is -0.802. The van der Waals surface area contributed by atoms with E-state index in [0.29, 0.717) is 19.3 Å². The highest BCUT2D eigenvalue weighted by atomic mass is 16.6. The molecule has 1 atom stereocenters. The molecule has 0 aromatic heterocycles. The van der Waals surface area contributed by atoms with E-state index in [0.717, 1.165) is 103 Å². The van der Waals surface area contributed by atoms with Gasteiger partial charge >= 0.3 is 17.9 Å². The largest absolute Gasteiger partial charge is 0.462 e. The van der Waals surface area contributed by atoms with Gasteiger partial charge in [-0.1, -0.05) is 195 Å². The van der Waals surface area contributed by atoms with Crippen molar-refractivity contribution in [2.45, 2.75) is 219 Å². The second kappa shape index (κ2) is 49.0. The van der Waals surface area contributed by atoms with Crippen molar-refractivity contribution in [2.75, 3.05) is 13.2 Å². The molecule has 6 nitrogen and oxygen atoms in total. The molecule has 0 aliphatic heterocycles. The molecule has 0 aromatic rings. The van der Waals surface area contributed by atoms with Crippen molar-refractivity contribution < 1.29 is 28.6 Å². The summed E-state index contributed by atoms with van der Waals surface area (Å²) in [5.74, 6) is -0.982. The average molecular weight is 847 g/mol. The van der Waals surface area contributed by atoms with E-state index in [1.165, 1.54) is 64.2 Å². The van der Waals surface area contributed by atoms with E-state index in [1.807, 2.05) is 0 Å². The molecule has 0 aliphatic rings. The lowest BCUT2D eigenvalue weighted by molar-refractivity contribution is -0.167. The molecule has 0 bridgehead atoms. The van der Waals surface area contributed by atoms with Crippen molar-refractivity contribution in [3.63, 3.8) is 0 Å². The third-order valence-corrected chi connectivity index (χ3v) is 10.1. The predicted molar refractivity (Wildman–Crippen MR) is 260 cm³/mol. The van der Waals surface area contributed by atoms with Crippen molar-refractivity contribution in [1.82, 2.24) is 0 Å². The first-order valence-electron chi connectivity index (χ1n) is 24.7. The molecule has 0 N–H and O–H groups in total. The molecule has 61 heavy (non-hydrogen) atoms. The summed E-state index contributed by atoms with van der Waals surface area (Å²) in [6.07, 6.45) is 64.1. The van der Waals surface area contributed by atoms with Gasteiger partial charge in [0.1, 0.15) is 13.2 Å². The molecule has 0 aromatic carbocycles. The lowest BCUT2D eigenvalue weighted by Crippen LogP contribution is -2.30. The van der Waals surface area contributed by atoms with Gasteiger partial charge in [-0.15, -0.1) is 0 Å². The molecule has 0 radical (unpaired) electrons. The van der Waals surface area contributed by atoms with Gasteiger partial charge < -0.3 is 14.2 Å². The van der Waals surface area contributed by atoms with Crippen molar-refractivity contribution >= 4 is 17.9 Å². The number of ether oxygens (including phenoxy) is 3. The lowest BCUT2D eigenvalue weighted by atomic mass is 10.1. The zero-order chi connectivity index (χ0) is 44.4. The van der Waals surface area contributed by atoms with E-state index in [9.17, 15) is 14.4 Å². The number of unbranched alkanes of at least 4 members (excludes halogenated alkanes) is 16. The van der Waals surface area contributed by atoms with Gasteiger partial charge in [-0.3, -0.25) is 14.4 Å². The summed E-state index contributed by atoms with van der Waals surface area (Å²) in [4.78, 5) is 37.7. The van der Waals surface area contributed by atoms with E-state index >= 15 is 0 Å². The fourth-order valence-electron chi connectivity index (χ4n) is 6.36. The highest BCUT2D eigenvalue weighted by Gasteiger charge is 2.19. The Morgan fingerprint density at radius 2 is 0.656 bits per heavy atom. The van der Waals surface area contributed by atoms with Crippen molar-refractivity contribution in [3.8, 4) is 0 Å². The Hall–Kier alpha value is -3.67. The molecule has 346 valence electrons. The third kappa shape index (κ3) is 47.2. The maximum absolute atomic E-state index is 12.7. The second-order valence-electron chi connectivity index (χ2n) is 16.0. The average Bonchev–Trinajstić information content (AvgIpc) is 3.26. The third-order valence-electron chi connectivity index (χ3n) is 10.1. The number of rotatable bonds is 43. The number of hydrogen-bond donors (Lipinski definition) is 0. The van der Waals surface area contributed by atoms with Gasteiger partial charge in [0, 0.05) is 19.3 Å². The van der Waals surface area contributed by atoms with E-state index in [4.69, 9.17) is 14.2 Å². The number of carbonyl (C=O) groups excluding carboxylic acids is 3.